The molecule has 106 valence electrons. The van der Waals surface area contributed by atoms with Crippen molar-refractivity contribution in [3.05, 3.63) is 63.4 Å². The maximum absolute atomic E-state index is 13.9. The van der Waals surface area contributed by atoms with Crippen LogP contribution in [0.5, 0.6) is 5.75 Å². The third kappa shape index (κ3) is 3.06. The number of halogens is 3. The minimum Gasteiger partial charge on any atom is -0.496 e. The SMILES string of the molecule is COc1cccc(Cl)c1C(O)Cc1cccc(Cl)c1F. The molecule has 1 atom stereocenters. The van der Waals surface area contributed by atoms with E-state index < -0.39 is 11.9 Å². The van der Waals surface area contributed by atoms with Crippen LogP contribution in [0.25, 0.3) is 0 Å². The largest absolute Gasteiger partial charge is 0.496 e. The summed E-state index contributed by atoms with van der Waals surface area (Å²) in [6, 6.07) is 9.74. The minimum absolute atomic E-state index is 0.0285. The highest BCUT2D eigenvalue weighted by Crippen LogP contribution is 2.34. The van der Waals surface area contributed by atoms with E-state index in [1.807, 2.05) is 0 Å². The van der Waals surface area contributed by atoms with E-state index in [-0.39, 0.29) is 11.4 Å². The lowest BCUT2D eigenvalue weighted by atomic mass is 10.00. The second kappa shape index (κ2) is 6.44. The van der Waals surface area contributed by atoms with Gasteiger partial charge in [0.2, 0.25) is 0 Å². The molecule has 0 saturated heterocycles. The molecular weight excluding hydrogens is 302 g/mol. The molecule has 20 heavy (non-hydrogen) atoms. The molecule has 2 nitrogen and oxygen atoms in total. The van der Waals surface area contributed by atoms with Crippen LogP contribution in [0.15, 0.2) is 36.4 Å². The van der Waals surface area contributed by atoms with Crippen molar-refractivity contribution in [2.24, 2.45) is 0 Å². The average Bonchev–Trinajstić information content (AvgIpc) is 2.43. The maximum atomic E-state index is 13.9. The highest BCUT2D eigenvalue weighted by molar-refractivity contribution is 6.31. The van der Waals surface area contributed by atoms with E-state index in [4.69, 9.17) is 27.9 Å². The molecule has 0 heterocycles. The monoisotopic (exact) mass is 314 g/mol. The predicted molar refractivity (Wildman–Crippen MR) is 78.1 cm³/mol. The first-order chi connectivity index (χ1) is 9.54. The topological polar surface area (TPSA) is 29.5 Å². The molecule has 0 fully saturated rings. The molecule has 0 aliphatic carbocycles. The van der Waals surface area contributed by atoms with E-state index in [0.717, 1.165) is 0 Å². The summed E-state index contributed by atoms with van der Waals surface area (Å²) in [5.74, 6) is -0.0633. The first-order valence-electron chi connectivity index (χ1n) is 5.98. The summed E-state index contributed by atoms with van der Waals surface area (Å²) in [5, 5.41) is 10.7. The smallest absolute Gasteiger partial charge is 0.145 e. The zero-order chi connectivity index (χ0) is 14.7. The van der Waals surface area contributed by atoms with Crippen LogP contribution in [0, 0.1) is 5.82 Å². The average molecular weight is 315 g/mol. The lowest BCUT2D eigenvalue weighted by Gasteiger charge is -2.17. The summed E-state index contributed by atoms with van der Waals surface area (Å²) < 4.78 is 19.0. The molecule has 0 spiro atoms. The van der Waals surface area contributed by atoms with Gasteiger partial charge in [0, 0.05) is 12.0 Å². The van der Waals surface area contributed by atoms with Crippen molar-refractivity contribution >= 4 is 23.2 Å². The van der Waals surface area contributed by atoms with Crippen LogP contribution in [0.2, 0.25) is 10.0 Å². The highest BCUT2D eigenvalue weighted by Gasteiger charge is 2.19. The van der Waals surface area contributed by atoms with Gasteiger partial charge in [-0.2, -0.15) is 0 Å². The van der Waals surface area contributed by atoms with E-state index in [0.29, 0.717) is 21.9 Å². The molecule has 2 aromatic carbocycles. The van der Waals surface area contributed by atoms with Gasteiger partial charge in [0.25, 0.3) is 0 Å². The zero-order valence-electron chi connectivity index (χ0n) is 10.7. The van der Waals surface area contributed by atoms with Crippen LogP contribution in [0.1, 0.15) is 17.2 Å². The predicted octanol–water partition coefficient (Wildman–Crippen LogP) is 4.42. The zero-order valence-corrected chi connectivity index (χ0v) is 12.2. The number of hydrogen-bond acceptors (Lipinski definition) is 2. The van der Waals surface area contributed by atoms with Crippen molar-refractivity contribution in [3.63, 3.8) is 0 Å². The maximum Gasteiger partial charge on any atom is 0.145 e. The summed E-state index contributed by atoms with van der Waals surface area (Å²) in [4.78, 5) is 0. The molecule has 0 aromatic heterocycles. The van der Waals surface area contributed by atoms with E-state index >= 15 is 0 Å². The second-order valence-corrected chi connectivity index (χ2v) is 5.10. The van der Waals surface area contributed by atoms with Crippen LogP contribution in [0.3, 0.4) is 0 Å². The molecule has 0 radical (unpaired) electrons. The Morgan fingerprint density at radius 2 is 1.80 bits per heavy atom. The fraction of sp³-hybridized carbons (Fsp3) is 0.200. The molecule has 2 aromatic rings. The van der Waals surface area contributed by atoms with Gasteiger partial charge in [-0.15, -0.1) is 0 Å². The molecule has 0 aliphatic rings. The van der Waals surface area contributed by atoms with E-state index in [2.05, 4.69) is 0 Å². The first kappa shape index (κ1) is 15.1. The van der Waals surface area contributed by atoms with Gasteiger partial charge in [0.15, 0.2) is 0 Å². The second-order valence-electron chi connectivity index (χ2n) is 4.29. The van der Waals surface area contributed by atoms with Gasteiger partial charge in [0.05, 0.1) is 23.3 Å². The number of benzene rings is 2. The summed E-state index contributed by atoms with van der Waals surface area (Å²) in [5.41, 5.74) is 0.767. The molecule has 0 bridgehead atoms. The van der Waals surface area contributed by atoms with Crippen molar-refractivity contribution in [1.29, 1.82) is 0 Å². The molecule has 0 saturated carbocycles. The standard InChI is InChI=1S/C15H13Cl2FO2/c1-20-13-7-3-5-10(16)14(13)12(19)8-9-4-2-6-11(17)15(9)18/h2-7,12,19H,8H2,1H3. The Balaban J connectivity index is 2.33. The van der Waals surface area contributed by atoms with Crippen LogP contribution < -0.4 is 4.74 Å². The van der Waals surface area contributed by atoms with Gasteiger partial charge in [0.1, 0.15) is 11.6 Å². The molecule has 0 amide bonds. The van der Waals surface area contributed by atoms with Crippen molar-refractivity contribution in [2.75, 3.05) is 7.11 Å². The number of rotatable bonds is 4. The number of ether oxygens (including phenoxy) is 1. The Hall–Kier alpha value is -1.29. The molecule has 1 unspecified atom stereocenters. The highest BCUT2D eigenvalue weighted by atomic mass is 35.5. The van der Waals surface area contributed by atoms with Gasteiger partial charge in [-0.1, -0.05) is 41.4 Å². The van der Waals surface area contributed by atoms with Gasteiger partial charge in [-0.05, 0) is 23.8 Å². The summed E-state index contributed by atoms with van der Waals surface area (Å²) in [7, 11) is 1.49. The van der Waals surface area contributed by atoms with Gasteiger partial charge < -0.3 is 9.84 Å². The molecule has 5 heteroatoms. The van der Waals surface area contributed by atoms with Crippen LogP contribution in [-0.4, -0.2) is 12.2 Å². The van der Waals surface area contributed by atoms with Crippen molar-refractivity contribution in [2.45, 2.75) is 12.5 Å². The van der Waals surface area contributed by atoms with Gasteiger partial charge >= 0.3 is 0 Å². The molecule has 0 aliphatic heterocycles. The molecule has 1 N–H and O–H groups in total. The number of aliphatic hydroxyl groups is 1. The molecular formula is C15H13Cl2FO2. The fourth-order valence-electron chi connectivity index (χ4n) is 2.04. The quantitative estimate of drug-likeness (QED) is 0.905. The van der Waals surface area contributed by atoms with Crippen molar-refractivity contribution < 1.29 is 14.2 Å². The van der Waals surface area contributed by atoms with E-state index in [9.17, 15) is 9.50 Å². The van der Waals surface area contributed by atoms with Crippen LogP contribution >= 0.6 is 23.2 Å². The lowest BCUT2D eigenvalue weighted by Crippen LogP contribution is -2.06. The first-order valence-corrected chi connectivity index (χ1v) is 6.73. The Bertz CT molecular complexity index is 617. The van der Waals surface area contributed by atoms with E-state index in [1.165, 1.54) is 13.2 Å². The normalized spacial score (nSPS) is 12.2. The summed E-state index contributed by atoms with van der Waals surface area (Å²) in [6.07, 6.45) is -0.918. The van der Waals surface area contributed by atoms with Gasteiger partial charge in [-0.3, -0.25) is 0 Å². The summed E-state index contributed by atoms with van der Waals surface area (Å²) >= 11 is 11.8. The Kier molecular flexibility index (Phi) is 4.86. The van der Waals surface area contributed by atoms with Crippen molar-refractivity contribution in [1.82, 2.24) is 0 Å². The minimum atomic E-state index is -0.980. The Morgan fingerprint density at radius 1 is 1.15 bits per heavy atom. The third-order valence-electron chi connectivity index (χ3n) is 3.01. The fourth-order valence-corrected chi connectivity index (χ4v) is 2.52. The number of hydrogen-bond donors (Lipinski definition) is 1. The number of methoxy groups -OCH3 is 1. The Labute approximate surface area is 126 Å². The Morgan fingerprint density at radius 3 is 2.50 bits per heavy atom. The third-order valence-corrected chi connectivity index (χ3v) is 3.63. The van der Waals surface area contributed by atoms with Crippen LogP contribution in [-0.2, 0) is 6.42 Å². The number of aliphatic hydroxyl groups excluding tert-OH is 1. The van der Waals surface area contributed by atoms with Crippen molar-refractivity contribution in [3.8, 4) is 5.75 Å². The van der Waals surface area contributed by atoms with Crippen LogP contribution in [0.4, 0.5) is 4.39 Å². The molecule has 2 rings (SSSR count). The van der Waals surface area contributed by atoms with Gasteiger partial charge in [-0.25, -0.2) is 4.39 Å². The summed E-state index contributed by atoms with van der Waals surface area (Å²) in [6.45, 7) is 0. The lowest BCUT2D eigenvalue weighted by molar-refractivity contribution is 0.173. The van der Waals surface area contributed by atoms with E-state index in [1.54, 1.807) is 30.3 Å².